The molecule has 1 nitrogen and oxygen atoms in total. The Bertz CT molecular complexity index is 237. The first kappa shape index (κ1) is 14.7. The Morgan fingerprint density at radius 2 is 1.94 bits per heavy atom. The summed E-state index contributed by atoms with van der Waals surface area (Å²) < 4.78 is 0. The third-order valence-corrected chi connectivity index (χ3v) is 6.68. The van der Waals surface area contributed by atoms with Gasteiger partial charge in [0.25, 0.3) is 0 Å². The summed E-state index contributed by atoms with van der Waals surface area (Å²) in [5.74, 6) is 4.21. The molecule has 1 saturated heterocycles. The zero-order chi connectivity index (χ0) is 13.0. The van der Waals surface area contributed by atoms with E-state index in [0.717, 1.165) is 35.6 Å². The Morgan fingerprint density at radius 3 is 2.56 bits per heavy atom. The van der Waals surface area contributed by atoms with Crippen molar-refractivity contribution in [2.45, 2.75) is 70.6 Å². The molecule has 5 atom stereocenters. The van der Waals surface area contributed by atoms with Crippen LogP contribution in [0, 0.1) is 17.8 Å². The van der Waals surface area contributed by atoms with Crippen molar-refractivity contribution in [2.24, 2.45) is 17.8 Å². The molecule has 1 aliphatic carbocycles. The molecular weight excluding hydrogens is 238 g/mol. The summed E-state index contributed by atoms with van der Waals surface area (Å²) in [6.07, 6.45) is 8.71. The molecule has 1 aliphatic heterocycles. The lowest BCUT2D eigenvalue weighted by Gasteiger charge is -2.41. The van der Waals surface area contributed by atoms with E-state index in [0.29, 0.717) is 0 Å². The summed E-state index contributed by atoms with van der Waals surface area (Å²) in [4.78, 5) is 0. The summed E-state index contributed by atoms with van der Waals surface area (Å²) in [5, 5.41) is 4.73. The lowest BCUT2D eigenvalue weighted by atomic mass is 9.72. The minimum Gasteiger partial charge on any atom is -0.313 e. The van der Waals surface area contributed by atoms with Crippen molar-refractivity contribution in [3.63, 3.8) is 0 Å². The van der Waals surface area contributed by atoms with Crippen molar-refractivity contribution < 1.29 is 0 Å². The highest BCUT2D eigenvalue weighted by Crippen LogP contribution is 2.39. The minimum atomic E-state index is 0.787. The van der Waals surface area contributed by atoms with E-state index in [2.05, 4.69) is 37.8 Å². The van der Waals surface area contributed by atoms with Gasteiger partial charge in [-0.2, -0.15) is 11.8 Å². The fourth-order valence-electron chi connectivity index (χ4n) is 3.80. The maximum absolute atomic E-state index is 3.84. The topological polar surface area (TPSA) is 12.0 Å². The Morgan fingerprint density at radius 1 is 1.11 bits per heavy atom. The monoisotopic (exact) mass is 269 g/mol. The lowest BCUT2D eigenvalue weighted by Crippen LogP contribution is -2.47. The fraction of sp³-hybridized carbons (Fsp3) is 1.00. The van der Waals surface area contributed by atoms with Crippen LogP contribution < -0.4 is 5.32 Å². The lowest BCUT2D eigenvalue weighted by molar-refractivity contribution is 0.167. The average molecular weight is 269 g/mol. The SMILES string of the molecule is CCNC(C1CCC(C)C(C)C1)C1CCCCS1. The molecule has 0 spiro atoms. The fourth-order valence-corrected chi connectivity index (χ4v) is 5.33. The molecule has 0 aromatic carbocycles. The van der Waals surface area contributed by atoms with E-state index < -0.39 is 0 Å². The Kier molecular flexibility index (Phi) is 5.88. The highest BCUT2D eigenvalue weighted by Gasteiger charge is 2.34. The molecule has 1 heterocycles. The molecule has 1 N–H and O–H groups in total. The van der Waals surface area contributed by atoms with E-state index in [1.54, 1.807) is 0 Å². The van der Waals surface area contributed by atoms with Gasteiger partial charge < -0.3 is 5.32 Å². The molecule has 0 bridgehead atoms. The highest BCUT2D eigenvalue weighted by atomic mass is 32.2. The maximum atomic E-state index is 3.84. The van der Waals surface area contributed by atoms with Crippen LogP contribution in [0.4, 0.5) is 0 Å². The van der Waals surface area contributed by atoms with Crippen LogP contribution in [0.2, 0.25) is 0 Å². The van der Waals surface area contributed by atoms with Crippen LogP contribution in [0.1, 0.15) is 59.3 Å². The van der Waals surface area contributed by atoms with Gasteiger partial charge in [0.2, 0.25) is 0 Å². The van der Waals surface area contributed by atoms with Gasteiger partial charge in [-0.3, -0.25) is 0 Å². The summed E-state index contributed by atoms with van der Waals surface area (Å²) in [5.41, 5.74) is 0. The van der Waals surface area contributed by atoms with Gasteiger partial charge in [0.05, 0.1) is 0 Å². The van der Waals surface area contributed by atoms with Crippen molar-refractivity contribution in [3.05, 3.63) is 0 Å². The summed E-state index contributed by atoms with van der Waals surface area (Å²) in [7, 11) is 0. The molecule has 2 rings (SSSR count). The zero-order valence-electron chi connectivity index (χ0n) is 12.5. The predicted molar refractivity (Wildman–Crippen MR) is 83.2 cm³/mol. The third kappa shape index (κ3) is 3.66. The van der Waals surface area contributed by atoms with Crippen LogP contribution in [0.5, 0.6) is 0 Å². The van der Waals surface area contributed by atoms with Crippen LogP contribution in [0.25, 0.3) is 0 Å². The number of hydrogen-bond acceptors (Lipinski definition) is 2. The largest absolute Gasteiger partial charge is 0.313 e. The number of rotatable bonds is 4. The van der Waals surface area contributed by atoms with Gasteiger partial charge in [0, 0.05) is 11.3 Å². The molecule has 0 radical (unpaired) electrons. The van der Waals surface area contributed by atoms with E-state index in [1.807, 2.05) is 0 Å². The van der Waals surface area contributed by atoms with Gasteiger partial charge in [-0.05, 0) is 55.7 Å². The summed E-state index contributed by atoms with van der Waals surface area (Å²) in [6.45, 7) is 8.32. The predicted octanol–water partition coefficient (Wildman–Crippen LogP) is 4.32. The van der Waals surface area contributed by atoms with E-state index >= 15 is 0 Å². The van der Waals surface area contributed by atoms with Crippen LogP contribution in [-0.2, 0) is 0 Å². The van der Waals surface area contributed by atoms with Gasteiger partial charge in [-0.1, -0.05) is 33.6 Å². The molecule has 18 heavy (non-hydrogen) atoms. The maximum Gasteiger partial charge on any atom is 0.0214 e. The number of thioether (sulfide) groups is 1. The summed E-state index contributed by atoms with van der Waals surface area (Å²) in [6, 6.07) is 0.787. The van der Waals surface area contributed by atoms with Crippen molar-refractivity contribution >= 4 is 11.8 Å². The number of hydrogen-bond donors (Lipinski definition) is 1. The van der Waals surface area contributed by atoms with Crippen LogP contribution in [0.15, 0.2) is 0 Å². The Labute approximate surface area is 118 Å². The molecule has 2 fully saturated rings. The molecule has 0 aromatic rings. The van der Waals surface area contributed by atoms with Crippen molar-refractivity contribution in [1.29, 1.82) is 0 Å². The highest BCUT2D eigenvalue weighted by molar-refractivity contribution is 8.00. The second-order valence-electron chi connectivity index (χ2n) is 6.52. The van der Waals surface area contributed by atoms with Crippen molar-refractivity contribution in [2.75, 3.05) is 12.3 Å². The molecule has 5 unspecified atom stereocenters. The van der Waals surface area contributed by atoms with Gasteiger partial charge in [0.1, 0.15) is 0 Å². The minimum absolute atomic E-state index is 0.787. The smallest absolute Gasteiger partial charge is 0.0214 e. The van der Waals surface area contributed by atoms with Gasteiger partial charge >= 0.3 is 0 Å². The molecule has 2 aliphatic rings. The number of nitrogens with one attached hydrogen (secondary N) is 1. The van der Waals surface area contributed by atoms with E-state index in [1.165, 1.54) is 44.3 Å². The first-order valence-electron chi connectivity index (χ1n) is 8.07. The quantitative estimate of drug-likeness (QED) is 0.815. The Hall–Kier alpha value is 0.310. The standard InChI is InChI=1S/C16H31NS/c1-4-17-16(15-7-5-6-10-18-15)14-9-8-12(2)13(3)11-14/h12-17H,4-11H2,1-3H3. The van der Waals surface area contributed by atoms with Gasteiger partial charge in [0.15, 0.2) is 0 Å². The second kappa shape index (κ2) is 7.19. The van der Waals surface area contributed by atoms with Crippen LogP contribution in [0.3, 0.4) is 0 Å². The van der Waals surface area contributed by atoms with E-state index in [-0.39, 0.29) is 0 Å². The molecule has 106 valence electrons. The van der Waals surface area contributed by atoms with E-state index in [4.69, 9.17) is 0 Å². The van der Waals surface area contributed by atoms with E-state index in [9.17, 15) is 0 Å². The van der Waals surface area contributed by atoms with Crippen molar-refractivity contribution in [1.82, 2.24) is 5.32 Å². The average Bonchev–Trinajstić information content (AvgIpc) is 2.40. The normalized spacial score (nSPS) is 39.5. The third-order valence-electron chi connectivity index (χ3n) is 5.20. The van der Waals surface area contributed by atoms with Crippen LogP contribution in [-0.4, -0.2) is 23.6 Å². The molecular formula is C16H31NS. The first-order chi connectivity index (χ1) is 8.72. The second-order valence-corrected chi connectivity index (χ2v) is 7.86. The first-order valence-corrected chi connectivity index (χ1v) is 9.12. The van der Waals surface area contributed by atoms with Gasteiger partial charge in [-0.25, -0.2) is 0 Å². The molecule has 0 amide bonds. The molecule has 2 heteroatoms. The molecule has 1 saturated carbocycles. The van der Waals surface area contributed by atoms with Gasteiger partial charge in [-0.15, -0.1) is 0 Å². The zero-order valence-corrected chi connectivity index (χ0v) is 13.3. The van der Waals surface area contributed by atoms with Crippen LogP contribution >= 0.6 is 11.8 Å². The van der Waals surface area contributed by atoms with Crippen molar-refractivity contribution in [3.8, 4) is 0 Å². The summed E-state index contributed by atoms with van der Waals surface area (Å²) >= 11 is 2.24. The Balaban J connectivity index is 1.95. The molecule has 0 aromatic heterocycles.